The van der Waals surface area contributed by atoms with Crippen molar-refractivity contribution in [3.8, 4) is 0 Å². The number of nitrogens with zero attached hydrogens (tertiary/aromatic N) is 2. The molecule has 0 spiro atoms. The first-order chi connectivity index (χ1) is 26.5. The summed E-state index contributed by atoms with van der Waals surface area (Å²) in [7, 11) is 1.18. The van der Waals surface area contributed by atoms with Crippen molar-refractivity contribution in [2.24, 2.45) is 19.2 Å². The number of aryl methyl sites for hydroxylation is 2. The molecule has 0 aliphatic heterocycles. The van der Waals surface area contributed by atoms with E-state index >= 15 is 0 Å². The molecule has 1 unspecified atom stereocenters. The van der Waals surface area contributed by atoms with Crippen LogP contribution in [0.4, 0.5) is 20.2 Å². The van der Waals surface area contributed by atoms with E-state index in [2.05, 4.69) is 15.4 Å². The third-order valence-electron chi connectivity index (χ3n) is 9.23. The number of amides is 2. The van der Waals surface area contributed by atoms with Crippen molar-refractivity contribution in [1.29, 1.82) is 0 Å². The third kappa shape index (κ3) is 12.2. The van der Waals surface area contributed by atoms with E-state index in [0.717, 1.165) is 42.4 Å². The van der Waals surface area contributed by atoms with E-state index < -0.39 is 33.6 Å². The van der Waals surface area contributed by atoms with Crippen LogP contribution in [0, 0.1) is 11.6 Å². The molecule has 11 nitrogen and oxygen atoms in total. The van der Waals surface area contributed by atoms with Crippen LogP contribution in [-0.4, -0.2) is 44.6 Å². The predicted molar refractivity (Wildman–Crippen MR) is 232 cm³/mol. The van der Waals surface area contributed by atoms with Gasteiger partial charge in [0.15, 0.2) is 5.78 Å². The Hall–Kier alpha value is -3.73. The van der Waals surface area contributed by atoms with Crippen LogP contribution >= 0.6 is 23.2 Å². The summed E-state index contributed by atoms with van der Waals surface area (Å²) in [6, 6.07) is 8.03. The monoisotopic (exact) mass is 882 g/mol. The molecule has 2 aliphatic rings. The Balaban J connectivity index is 0.000000268. The fraction of sp³-hybridized carbons (Fsp3) is 0.439. The van der Waals surface area contributed by atoms with Crippen molar-refractivity contribution in [2.75, 3.05) is 10.6 Å². The van der Waals surface area contributed by atoms with Gasteiger partial charge in [0.25, 0.3) is 11.8 Å². The summed E-state index contributed by atoms with van der Waals surface area (Å²) < 4.78 is 55.5. The van der Waals surface area contributed by atoms with Crippen LogP contribution in [0.3, 0.4) is 0 Å². The quantitative estimate of drug-likeness (QED) is 0.152. The number of nitrogens with one attached hydrogen (secondary N) is 3. The highest BCUT2D eigenvalue weighted by atomic mass is 35.5. The first-order valence-corrected chi connectivity index (χ1v) is 21.4. The minimum atomic E-state index is -1.20. The van der Waals surface area contributed by atoms with E-state index in [4.69, 9.17) is 28.3 Å². The Morgan fingerprint density at radius 3 is 1.71 bits per heavy atom. The van der Waals surface area contributed by atoms with Gasteiger partial charge in [0.05, 0.1) is 41.5 Å². The minimum Gasteiger partial charge on any atom is -0.346 e. The number of hydrogen-bond acceptors (Lipinski definition) is 5. The Bertz CT molecular complexity index is 2210. The lowest BCUT2D eigenvalue weighted by Crippen LogP contribution is -2.36. The van der Waals surface area contributed by atoms with Crippen molar-refractivity contribution < 1.29 is 31.6 Å². The summed E-state index contributed by atoms with van der Waals surface area (Å²) in [6.45, 7) is 11.3. The van der Waals surface area contributed by atoms with E-state index in [9.17, 15) is 31.6 Å². The van der Waals surface area contributed by atoms with Gasteiger partial charge in [0.1, 0.15) is 23.0 Å². The Labute approximate surface area is 355 Å². The molecule has 2 aromatic heterocycles. The van der Waals surface area contributed by atoms with Crippen LogP contribution in [0.1, 0.15) is 129 Å². The third-order valence-corrected chi connectivity index (χ3v) is 12.6. The van der Waals surface area contributed by atoms with E-state index in [1.54, 1.807) is 22.4 Å². The van der Waals surface area contributed by atoms with Gasteiger partial charge in [-0.2, -0.15) is 0 Å². The lowest BCUT2D eigenvalue weighted by Gasteiger charge is -2.27. The molecular formula is C41H54Cl2F2N6O5S2. The highest BCUT2D eigenvalue weighted by molar-refractivity contribution is 7.84. The van der Waals surface area contributed by atoms with Gasteiger partial charge >= 0.3 is 0 Å². The molecule has 0 fully saturated rings. The van der Waals surface area contributed by atoms with E-state index in [1.165, 1.54) is 36.4 Å². The van der Waals surface area contributed by atoms with Crippen molar-refractivity contribution in [1.82, 2.24) is 13.9 Å². The minimum absolute atomic E-state index is 0. The van der Waals surface area contributed by atoms with Gasteiger partial charge in [-0.05, 0) is 127 Å². The molecule has 0 bridgehead atoms. The molecule has 0 saturated heterocycles. The lowest BCUT2D eigenvalue weighted by molar-refractivity contribution is 0.0971. The van der Waals surface area contributed by atoms with E-state index in [-0.39, 0.29) is 50.6 Å². The molecule has 5 N–H and O–H groups in total. The summed E-state index contributed by atoms with van der Waals surface area (Å²) in [4.78, 5) is 37.3. The van der Waals surface area contributed by atoms with Crippen molar-refractivity contribution >= 4 is 74.1 Å². The molecule has 17 heteroatoms. The molecule has 318 valence electrons. The zero-order valence-corrected chi connectivity index (χ0v) is 36.4. The molecule has 2 heterocycles. The van der Waals surface area contributed by atoms with Crippen LogP contribution in [-0.2, 0) is 48.9 Å². The number of benzene rings is 2. The number of nitrogens with two attached hydrogens (primary N) is 1. The molecule has 0 radical (unpaired) electrons. The van der Waals surface area contributed by atoms with Crippen LogP contribution in [0.5, 0.6) is 0 Å². The summed E-state index contributed by atoms with van der Waals surface area (Å²) in [5.74, 6) is -1.61. The predicted octanol–water partition coefficient (Wildman–Crippen LogP) is 9.13. The van der Waals surface area contributed by atoms with Crippen LogP contribution in [0.2, 0.25) is 10.0 Å². The molecule has 58 heavy (non-hydrogen) atoms. The molecule has 3 atom stereocenters. The first-order valence-electron chi connectivity index (χ1n) is 18.3. The molecule has 2 amide bonds. The molecular weight excluding hydrogens is 830 g/mol. The number of rotatable bonds is 6. The maximum Gasteiger partial charge on any atom is 0.272 e. The lowest BCUT2D eigenvalue weighted by atomic mass is 9.90. The van der Waals surface area contributed by atoms with Crippen LogP contribution in [0.15, 0.2) is 48.8 Å². The van der Waals surface area contributed by atoms with Gasteiger partial charge < -0.3 is 19.8 Å². The van der Waals surface area contributed by atoms with Gasteiger partial charge in [-0.15, -0.1) is 0 Å². The topological polar surface area (TPSA) is 157 Å². The van der Waals surface area contributed by atoms with Crippen molar-refractivity contribution in [2.45, 2.75) is 103 Å². The highest BCUT2D eigenvalue weighted by Gasteiger charge is 2.32. The summed E-state index contributed by atoms with van der Waals surface area (Å²) in [5, 5.41) is 10.4. The van der Waals surface area contributed by atoms with E-state index in [0.29, 0.717) is 41.2 Å². The zero-order chi connectivity index (χ0) is 42.6. The number of hydrogen-bond donors (Lipinski definition) is 4. The number of ketones is 1. The number of Topliss-reactive ketones (excluding diaryl/α,β-unsaturated/α-hetero) is 1. The van der Waals surface area contributed by atoms with Gasteiger partial charge in [0.2, 0.25) is 0 Å². The molecule has 6 rings (SSSR count). The SMILES string of the molecule is C.CC(C)(C)[S@](N)=O.Cn1cc2c(c1C(=O)Nc1ccc(F)c(Cl)c1)CCCC2=O.Cn1cc2c(c1C(=O)Nc1ccc(F)c(Cl)c1)CCCC2N[S@](=O)C(C)(C)C. The normalized spacial score (nSPS) is 15.9. The van der Waals surface area contributed by atoms with Crippen molar-refractivity contribution in [3.63, 3.8) is 0 Å². The maximum atomic E-state index is 13.3. The Morgan fingerprint density at radius 1 is 0.776 bits per heavy atom. The zero-order valence-electron chi connectivity index (χ0n) is 33.3. The second kappa shape index (κ2) is 20.0. The van der Waals surface area contributed by atoms with Crippen LogP contribution < -0.4 is 20.5 Å². The second-order valence-electron chi connectivity index (χ2n) is 15.8. The number of aromatic nitrogens is 2. The number of carbonyl (C=O) groups is 3. The first kappa shape index (κ1) is 48.6. The van der Waals surface area contributed by atoms with Gasteiger partial charge in [-0.3, -0.25) is 19.5 Å². The van der Waals surface area contributed by atoms with Crippen molar-refractivity contribution in [3.05, 3.63) is 104 Å². The summed E-state index contributed by atoms with van der Waals surface area (Å²) in [6.07, 6.45) is 8.15. The average molecular weight is 884 g/mol. The highest BCUT2D eigenvalue weighted by Crippen LogP contribution is 2.35. The fourth-order valence-corrected chi connectivity index (χ4v) is 7.40. The molecule has 4 aromatic rings. The number of carbonyl (C=O) groups excluding carboxylic acids is 3. The number of fused-ring (bicyclic) bond motifs is 2. The molecule has 2 aromatic carbocycles. The van der Waals surface area contributed by atoms with Crippen LogP contribution in [0.25, 0.3) is 0 Å². The van der Waals surface area contributed by atoms with Gasteiger partial charge in [0, 0.05) is 55.9 Å². The second-order valence-corrected chi connectivity index (χ2v) is 20.4. The Morgan fingerprint density at radius 2 is 1.24 bits per heavy atom. The fourth-order valence-electron chi connectivity index (χ4n) is 6.18. The van der Waals surface area contributed by atoms with Gasteiger partial charge in [-0.1, -0.05) is 30.6 Å². The summed E-state index contributed by atoms with van der Waals surface area (Å²) in [5.41, 5.74) is 5.24. The standard InChI is InChI=1S/C20H25ClFN3O2S.C16H14ClFN2O2.C4H11NOS.CH4/c1-20(2,3)28(27)24-17-7-5-6-13-14(17)11-25(4)18(13)19(26)23-12-8-9-16(22)15(21)10-12;1-20-8-11-10(3-2-4-14(11)21)15(20)16(22)19-9-5-6-13(18)12(17)7-9;1-4(2,3)7(5)6;/h8-11,17,24H,5-7H2,1-4H3,(H,23,26);5-8H,2-4H2,1H3,(H,19,22);5H2,1-3H3;1H4/t17?,28-;;7-;/m1.1./s1. The van der Waals surface area contributed by atoms with E-state index in [1.807, 2.05) is 54.8 Å². The largest absolute Gasteiger partial charge is 0.346 e. The summed E-state index contributed by atoms with van der Waals surface area (Å²) >= 11 is 11.5. The smallest absolute Gasteiger partial charge is 0.272 e. The van der Waals surface area contributed by atoms with Gasteiger partial charge in [-0.25, -0.2) is 21.9 Å². The number of halogens is 4. The molecule has 0 saturated carbocycles. The average Bonchev–Trinajstić information content (AvgIpc) is 3.64. The number of anilines is 2. The maximum absolute atomic E-state index is 13.3. The molecule has 2 aliphatic carbocycles. The Kier molecular flexibility index (Phi) is 16.8.